The molecule has 1 heterocycles. The summed E-state index contributed by atoms with van der Waals surface area (Å²) in [5, 5.41) is 4.83. The summed E-state index contributed by atoms with van der Waals surface area (Å²) in [4.78, 5) is 42.1. The second-order valence-corrected chi connectivity index (χ2v) is 9.09. The molecule has 0 unspecified atom stereocenters. The van der Waals surface area contributed by atoms with Crippen molar-refractivity contribution in [1.29, 1.82) is 0 Å². The van der Waals surface area contributed by atoms with Crippen molar-refractivity contribution in [2.45, 2.75) is 52.6 Å². The number of nitrogens with zero attached hydrogens (tertiary/aromatic N) is 5. The maximum Gasteiger partial charge on any atom is 0.344 e. The predicted octanol–water partition coefficient (Wildman–Crippen LogP) is 4.03. The Balaban J connectivity index is 1.62. The van der Waals surface area contributed by atoms with Crippen molar-refractivity contribution < 1.29 is 14.4 Å². The summed E-state index contributed by atoms with van der Waals surface area (Å²) in [6.45, 7) is 6.73. The van der Waals surface area contributed by atoms with E-state index in [0.717, 1.165) is 24.8 Å². The van der Waals surface area contributed by atoms with Crippen molar-refractivity contribution in [2.24, 2.45) is 5.92 Å². The molecule has 1 aromatic carbocycles. The standard InChI is InChI=1S/C24H32ClN5O3/c1-5-28(24(33)30-16-23(13-26-30)27(4)17(2)31)14-20-8-11-22(12-20)29(18(3)32)15-19-6-9-21(25)10-7-19/h6-7,9-10,13,16,20,22H,5,8,11-12,14-15H2,1-4H3/t20-,22-/m1/s1. The topological polar surface area (TPSA) is 78.8 Å². The van der Waals surface area contributed by atoms with Crippen molar-refractivity contribution in [3.63, 3.8) is 0 Å². The van der Waals surface area contributed by atoms with E-state index < -0.39 is 0 Å². The van der Waals surface area contributed by atoms with E-state index in [1.807, 2.05) is 36.1 Å². The number of carbonyl (C=O) groups excluding carboxylic acids is 3. The van der Waals surface area contributed by atoms with Crippen LogP contribution < -0.4 is 4.90 Å². The molecule has 0 radical (unpaired) electrons. The first-order valence-electron chi connectivity index (χ1n) is 11.3. The van der Waals surface area contributed by atoms with Crippen LogP contribution in [0.3, 0.4) is 0 Å². The van der Waals surface area contributed by atoms with Gasteiger partial charge in [0.05, 0.1) is 18.1 Å². The first-order valence-corrected chi connectivity index (χ1v) is 11.7. The van der Waals surface area contributed by atoms with Crippen LogP contribution in [0.1, 0.15) is 45.6 Å². The first-order chi connectivity index (χ1) is 15.7. The molecule has 1 aliphatic carbocycles. The molecule has 2 aromatic rings. The average molecular weight is 474 g/mol. The fourth-order valence-electron chi connectivity index (χ4n) is 4.35. The molecule has 0 aliphatic heterocycles. The largest absolute Gasteiger partial charge is 0.344 e. The van der Waals surface area contributed by atoms with E-state index in [1.165, 1.54) is 22.7 Å². The summed E-state index contributed by atoms with van der Waals surface area (Å²) in [5.74, 6) is 0.235. The normalized spacial score (nSPS) is 17.6. The van der Waals surface area contributed by atoms with Crippen molar-refractivity contribution in [3.8, 4) is 0 Å². The molecule has 178 valence electrons. The minimum absolute atomic E-state index is 0.0534. The summed E-state index contributed by atoms with van der Waals surface area (Å²) in [6, 6.07) is 7.51. The zero-order valence-corrected chi connectivity index (χ0v) is 20.5. The zero-order valence-electron chi connectivity index (χ0n) is 19.7. The number of anilines is 1. The predicted molar refractivity (Wildman–Crippen MR) is 128 cm³/mol. The number of hydrogen-bond donors (Lipinski definition) is 0. The highest BCUT2D eigenvalue weighted by atomic mass is 35.5. The molecule has 33 heavy (non-hydrogen) atoms. The van der Waals surface area contributed by atoms with Crippen molar-refractivity contribution >= 4 is 35.1 Å². The quantitative estimate of drug-likeness (QED) is 0.608. The average Bonchev–Trinajstić information content (AvgIpc) is 3.45. The monoisotopic (exact) mass is 473 g/mol. The summed E-state index contributed by atoms with van der Waals surface area (Å²) in [7, 11) is 1.65. The Bertz CT molecular complexity index is 990. The van der Waals surface area contributed by atoms with Crippen LogP contribution in [0.15, 0.2) is 36.7 Å². The third-order valence-electron chi connectivity index (χ3n) is 6.38. The molecule has 9 heteroatoms. The summed E-state index contributed by atoms with van der Waals surface area (Å²) in [6.07, 6.45) is 5.82. The van der Waals surface area contributed by atoms with Gasteiger partial charge < -0.3 is 14.7 Å². The molecule has 0 saturated heterocycles. The lowest BCUT2D eigenvalue weighted by molar-refractivity contribution is -0.131. The third kappa shape index (κ3) is 6.13. The number of amides is 3. The molecular weight excluding hydrogens is 442 g/mol. The van der Waals surface area contributed by atoms with Crippen LogP contribution in [-0.2, 0) is 16.1 Å². The molecule has 0 spiro atoms. The lowest BCUT2D eigenvalue weighted by atomic mass is 10.1. The molecular formula is C24H32ClN5O3. The maximum absolute atomic E-state index is 13.0. The van der Waals surface area contributed by atoms with Crippen LogP contribution in [0.25, 0.3) is 0 Å². The molecule has 8 nitrogen and oxygen atoms in total. The molecule has 2 atom stereocenters. The van der Waals surface area contributed by atoms with Gasteiger partial charge in [0.1, 0.15) is 0 Å². The van der Waals surface area contributed by atoms with Crippen LogP contribution in [0, 0.1) is 5.92 Å². The van der Waals surface area contributed by atoms with Crippen LogP contribution in [0.2, 0.25) is 5.02 Å². The number of carbonyl (C=O) groups is 3. The van der Waals surface area contributed by atoms with E-state index in [2.05, 4.69) is 5.10 Å². The minimum atomic E-state index is -0.214. The Labute approximate surface area is 200 Å². The highest BCUT2D eigenvalue weighted by Gasteiger charge is 2.32. The van der Waals surface area contributed by atoms with Crippen molar-refractivity contribution in [1.82, 2.24) is 19.6 Å². The third-order valence-corrected chi connectivity index (χ3v) is 6.63. The van der Waals surface area contributed by atoms with Crippen molar-refractivity contribution in [3.05, 3.63) is 47.2 Å². The number of benzene rings is 1. The lowest BCUT2D eigenvalue weighted by Crippen LogP contribution is -2.39. The van der Waals surface area contributed by atoms with Crippen molar-refractivity contribution in [2.75, 3.05) is 25.0 Å². The number of hydrogen-bond acceptors (Lipinski definition) is 4. The van der Waals surface area contributed by atoms with Crippen LogP contribution in [0.4, 0.5) is 10.5 Å². The van der Waals surface area contributed by atoms with E-state index >= 15 is 0 Å². The van der Waals surface area contributed by atoms with Gasteiger partial charge in [0.25, 0.3) is 0 Å². The highest BCUT2D eigenvalue weighted by Crippen LogP contribution is 2.31. The smallest absolute Gasteiger partial charge is 0.336 e. The van der Waals surface area contributed by atoms with E-state index in [1.54, 1.807) is 25.1 Å². The number of aromatic nitrogens is 2. The molecule has 1 aromatic heterocycles. The first kappa shape index (κ1) is 24.8. The fraction of sp³-hybridized carbons (Fsp3) is 0.500. The Kier molecular flexibility index (Phi) is 8.13. The Hall–Kier alpha value is -2.87. The van der Waals surface area contributed by atoms with Gasteiger partial charge in [-0.3, -0.25) is 9.59 Å². The molecule has 0 N–H and O–H groups in total. The number of halogens is 1. The summed E-state index contributed by atoms with van der Waals surface area (Å²) >= 11 is 5.98. The fourth-order valence-corrected chi connectivity index (χ4v) is 4.48. The molecule has 1 aliphatic rings. The number of rotatable bonds is 7. The van der Waals surface area contributed by atoms with Gasteiger partial charge in [-0.25, -0.2) is 4.79 Å². The molecule has 3 rings (SSSR count). The van der Waals surface area contributed by atoms with Gasteiger partial charge in [-0.2, -0.15) is 9.78 Å². The molecule has 0 bridgehead atoms. The van der Waals surface area contributed by atoms with Crippen LogP contribution >= 0.6 is 11.6 Å². The van der Waals surface area contributed by atoms with E-state index in [0.29, 0.717) is 36.3 Å². The lowest BCUT2D eigenvalue weighted by Gasteiger charge is -2.29. The van der Waals surface area contributed by atoms with Gasteiger partial charge in [-0.15, -0.1) is 0 Å². The van der Waals surface area contributed by atoms with Crippen LogP contribution in [0.5, 0.6) is 0 Å². The second-order valence-electron chi connectivity index (χ2n) is 8.65. The van der Waals surface area contributed by atoms with Crippen LogP contribution in [-0.4, -0.2) is 63.6 Å². The van der Waals surface area contributed by atoms with Gasteiger partial charge >= 0.3 is 6.03 Å². The van der Waals surface area contributed by atoms with Gasteiger partial charge in [-0.05, 0) is 49.8 Å². The molecule has 3 amide bonds. The SMILES string of the molecule is CCN(C[C@@H]1CC[C@@H](N(Cc2ccc(Cl)cc2)C(C)=O)C1)C(=O)n1cc(N(C)C(C)=O)cn1. The molecule has 1 fully saturated rings. The Morgan fingerprint density at radius 3 is 2.42 bits per heavy atom. The summed E-state index contributed by atoms with van der Waals surface area (Å²) in [5.41, 5.74) is 1.63. The maximum atomic E-state index is 13.0. The minimum Gasteiger partial charge on any atom is -0.336 e. The summed E-state index contributed by atoms with van der Waals surface area (Å²) < 4.78 is 1.28. The zero-order chi connectivity index (χ0) is 24.1. The van der Waals surface area contributed by atoms with Gasteiger partial charge in [0, 0.05) is 51.6 Å². The highest BCUT2D eigenvalue weighted by molar-refractivity contribution is 6.30. The Morgan fingerprint density at radius 2 is 1.82 bits per heavy atom. The van der Waals surface area contributed by atoms with Gasteiger partial charge in [0.15, 0.2) is 0 Å². The van der Waals surface area contributed by atoms with Gasteiger partial charge in [0.2, 0.25) is 11.8 Å². The molecule has 1 saturated carbocycles. The van der Waals surface area contributed by atoms with E-state index in [4.69, 9.17) is 11.6 Å². The second kappa shape index (κ2) is 10.8. The van der Waals surface area contributed by atoms with E-state index in [-0.39, 0.29) is 23.9 Å². The Morgan fingerprint density at radius 1 is 1.12 bits per heavy atom. The van der Waals surface area contributed by atoms with Gasteiger partial charge in [-0.1, -0.05) is 23.7 Å². The van der Waals surface area contributed by atoms with E-state index in [9.17, 15) is 14.4 Å².